The monoisotopic (exact) mass is 350 g/mol. The standard InChI is InChI=1S/C22H22O4/c1-13(2)19-11-20-17(12-25-21(20)8-14(19)3)10-22(24)26-18-7-5-6-16(9-18)15(4)23/h5-9,11-13H,10H2,1-4H3. The van der Waals surface area contributed by atoms with Crippen LogP contribution >= 0.6 is 0 Å². The van der Waals surface area contributed by atoms with Gasteiger partial charge in [0.15, 0.2) is 5.78 Å². The number of fused-ring (bicyclic) bond motifs is 1. The Kier molecular flexibility index (Phi) is 4.94. The Bertz CT molecular complexity index is 979. The third-order valence-corrected chi connectivity index (χ3v) is 4.47. The van der Waals surface area contributed by atoms with Gasteiger partial charge in [-0.2, -0.15) is 0 Å². The summed E-state index contributed by atoms with van der Waals surface area (Å²) in [6, 6.07) is 10.7. The van der Waals surface area contributed by atoms with Crippen molar-refractivity contribution in [2.45, 2.75) is 40.0 Å². The van der Waals surface area contributed by atoms with Gasteiger partial charge in [-0.15, -0.1) is 0 Å². The summed E-state index contributed by atoms with van der Waals surface area (Å²) in [4.78, 5) is 23.8. The predicted octanol–water partition coefficient (Wildman–Crippen LogP) is 5.22. The van der Waals surface area contributed by atoms with E-state index in [2.05, 4.69) is 26.8 Å². The minimum absolute atomic E-state index is 0.0692. The predicted molar refractivity (Wildman–Crippen MR) is 101 cm³/mol. The molecule has 3 rings (SSSR count). The van der Waals surface area contributed by atoms with Gasteiger partial charge in [-0.3, -0.25) is 9.59 Å². The quantitative estimate of drug-likeness (QED) is 0.360. The molecule has 134 valence electrons. The first-order valence-electron chi connectivity index (χ1n) is 8.67. The molecular formula is C22H22O4. The van der Waals surface area contributed by atoms with E-state index in [1.165, 1.54) is 18.1 Å². The number of rotatable bonds is 5. The van der Waals surface area contributed by atoms with Crippen molar-refractivity contribution in [3.05, 3.63) is 64.9 Å². The molecular weight excluding hydrogens is 328 g/mol. The Labute approximate surface area is 152 Å². The molecule has 0 saturated carbocycles. The van der Waals surface area contributed by atoms with Crippen molar-refractivity contribution in [1.82, 2.24) is 0 Å². The van der Waals surface area contributed by atoms with E-state index in [9.17, 15) is 9.59 Å². The highest BCUT2D eigenvalue weighted by Gasteiger charge is 2.15. The van der Waals surface area contributed by atoms with Crippen LogP contribution in [0.4, 0.5) is 0 Å². The zero-order chi connectivity index (χ0) is 18.8. The first-order chi connectivity index (χ1) is 12.3. The van der Waals surface area contributed by atoms with E-state index in [0.29, 0.717) is 17.2 Å². The lowest BCUT2D eigenvalue weighted by Gasteiger charge is -2.10. The van der Waals surface area contributed by atoms with Crippen molar-refractivity contribution in [2.75, 3.05) is 0 Å². The summed E-state index contributed by atoms with van der Waals surface area (Å²) in [6.07, 6.45) is 1.72. The maximum atomic E-state index is 12.3. The second kappa shape index (κ2) is 7.16. The number of carbonyl (C=O) groups is 2. The second-order valence-electron chi connectivity index (χ2n) is 6.86. The summed E-state index contributed by atoms with van der Waals surface area (Å²) in [7, 11) is 0. The Hall–Kier alpha value is -2.88. The minimum atomic E-state index is -0.389. The summed E-state index contributed by atoms with van der Waals surface area (Å²) in [6.45, 7) is 7.83. The molecule has 0 spiro atoms. The largest absolute Gasteiger partial charge is 0.464 e. The Morgan fingerprint density at radius 1 is 1.15 bits per heavy atom. The molecule has 26 heavy (non-hydrogen) atoms. The molecule has 1 aromatic heterocycles. The number of hydrogen-bond acceptors (Lipinski definition) is 4. The van der Waals surface area contributed by atoms with Gasteiger partial charge >= 0.3 is 5.97 Å². The molecule has 0 aliphatic heterocycles. The van der Waals surface area contributed by atoms with Gasteiger partial charge in [-0.25, -0.2) is 0 Å². The van der Waals surface area contributed by atoms with Gasteiger partial charge in [0.05, 0.1) is 12.7 Å². The Morgan fingerprint density at radius 3 is 2.62 bits per heavy atom. The highest BCUT2D eigenvalue weighted by molar-refractivity contribution is 5.94. The number of carbonyl (C=O) groups excluding carboxylic acids is 2. The average molecular weight is 350 g/mol. The van der Waals surface area contributed by atoms with Crippen molar-refractivity contribution in [3.63, 3.8) is 0 Å². The van der Waals surface area contributed by atoms with Crippen LogP contribution in [0.15, 0.2) is 47.1 Å². The average Bonchev–Trinajstić information content (AvgIpc) is 2.95. The van der Waals surface area contributed by atoms with Crippen LogP contribution in [0.1, 0.15) is 53.7 Å². The summed E-state index contributed by atoms with van der Waals surface area (Å²) in [5, 5.41) is 0.939. The molecule has 0 saturated heterocycles. The van der Waals surface area contributed by atoms with Gasteiger partial charge in [0, 0.05) is 16.5 Å². The number of hydrogen-bond donors (Lipinski definition) is 0. The summed E-state index contributed by atoms with van der Waals surface area (Å²) in [5.41, 5.74) is 4.50. The number of benzene rings is 2. The van der Waals surface area contributed by atoms with Gasteiger partial charge in [-0.05, 0) is 55.2 Å². The van der Waals surface area contributed by atoms with E-state index < -0.39 is 0 Å². The molecule has 0 radical (unpaired) electrons. The van der Waals surface area contributed by atoms with Crippen molar-refractivity contribution in [3.8, 4) is 5.75 Å². The number of aryl methyl sites for hydroxylation is 1. The molecule has 4 nitrogen and oxygen atoms in total. The van der Waals surface area contributed by atoms with E-state index in [4.69, 9.17) is 9.15 Å². The fraction of sp³-hybridized carbons (Fsp3) is 0.273. The van der Waals surface area contributed by atoms with Crippen molar-refractivity contribution in [2.24, 2.45) is 0 Å². The molecule has 0 bridgehead atoms. The van der Waals surface area contributed by atoms with Gasteiger partial charge in [0.2, 0.25) is 0 Å². The molecule has 0 unspecified atom stereocenters. The first kappa shape index (κ1) is 17.9. The first-order valence-corrected chi connectivity index (χ1v) is 8.67. The van der Waals surface area contributed by atoms with Crippen LogP contribution in [0.2, 0.25) is 0 Å². The molecule has 4 heteroatoms. The zero-order valence-corrected chi connectivity index (χ0v) is 15.5. The molecule has 2 aromatic carbocycles. The second-order valence-corrected chi connectivity index (χ2v) is 6.86. The molecule has 1 heterocycles. The van der Waals surface area contributed by atoms with Crippen LogP contribution in [0.5, 0.6) is 5.75 Å². The normalized spacial score (nSPS) is 11.1. The topological polar surface area (TPSA) is 56.5 Å². The number of furan rings is 1. The van der Waals surface area contributed by atoms with Crippen LogP contribution in [0.25, 0.3) is 11.0 Å². The zero-order valence-electron chi connectivity index (χ0n) is 15.5. The highest BCUT2D eigenvalue weighted by atomic mass is 16.5. The third-order valence-electron chi connectivity index (χ3n) is 4.47. The number of esters is 1. The molecule has 0 fully saturated rings. The van der Waals surface area contributed by atoms with E-state index in [-0.39, 0.29) is 18.2 Å². The molecule has 0 amide bonds. The summed E-state index contributed by atoms with van der Waals surface area (Å²) >= 11 is 0. The highest BCUT2D eigenvalue weighted by Crippen LogP contribution is 2.29. The fourth-order valence-corrected chi connectivity index (χ4v) is 3.11. The number of Topliss-reactive ketones (excluding diaryl/α,β-unsaturated/α-hetero) is 1. The van der Waals surface area contributed by atoms with E-state index in [0.717, 1.165) is 16.5 Å². The Morgan fingerprint density at radius 2 is 1.92 bits per heavy atom. The SMILES string of the molecule is CC(=O)c1cccc(OC(=O)Cc2coc3cc(C)c(C(C)C)cc23)c1. The Balaban J connectivity index is 1.82. The maximum absolute atomic E-state index is 12.3. The maximum Gasteiger partial charge on any atom is 0.315 e. The van der Waals surface area contributed by atoms with Crippen LogP contribution in [-0.2, 0) is 11.2 Å². The van der Waals surface area contributed by atoms with Crippen molar-refractivity contribution in [1.29, 1.82) is 0 Å². The smallest absolute Gasteiger partial charge is 0.315 e. The minimum Gasteiger partial charge on any atom is -0.464 e. The van der Waals surface area contributed by atoms with Crippen LogP contribution in [-0.4, -0.2) is 11.8 Å². The molecule has 0 aliphatic rings. The van der Waals surface area contributed by atoms with Crippen LogP contribution in [0, 0.1) is 6.92 Å². The van der Waals surface area contributed by atoms with Crippen molar-refractivity contribution < 1.29 is 18.7 Å². The van der Waals surface area contributed by atoms with E-state index >= 15 is 0 Å². The molecule has 0 N–H and O–H groups in total. The van der Waals surface area contributed by atoms with Gasteiger partial charge in [0.25, 0.3) is 0 Å². The van der Waals surface area contributed by atoms with E-state index in [1.54, 1.807) is 30.5 Å². The molecule has 0 atom stereocenters. The number of ketones is 1. The summed E-state index contributed by atoms with van der Waals surface area (Å²) in [5.74, 6) is 0.304. The lowest BCUT2D eigenvalue weighted by molar-refractivity contribution is -0.133. The fourth-order valence-electron chi connectivity index (χ4n) is 3.11. The van der Waals surface area contributed by atoms with Gasteiger partial charge in [0.1, 0.15) is 11.3 Å². The van der Waals surface area contributed by atoms with Crippen molar-refractivity contribution >= 4 is 22.7 Å². The lowest BCUT2D eigenvalue weighted by atomic mass is 9.95. The van der Waals surface area contributed by atoms with E-state index in [1.807, 2.05) is 6.07 Å². The third kappa shape index (κ3) is 3.69. The van der Waals surface area contributed by atoms with Gasteiger partial charge in [-0.1, -0.05) is 26.0 Å². The lowest BCUT2D eigenvalue weighted by Crippen LogP contribution is -2.11. The van der Waals surface area contributed by atoms with Gasteiger partial charge < -0.3 is 9.15 Å². The van der Waals surface area contributed by atoms with Crippen LogP contribution in [0.3, 0.4) is 0 Å². The molecule has 0 aliphatic carbocycles. The molecule has 3 aromatic rings. The van der Waals surface area contributed by atoms with Crippen LogP contribution < -0.4 is 4.74 Å². The summed E-state index contributed by atoms with van der Waals surface area (Å²) < 4.78 is 11.0. The number of ether oxygens (including phenoxy) is 1.